The summed E-state index contributed by atoms with van der Waals surface area (Å²) in [7, 11) is 0. The Hall–Kier alpha value is -3.00. The molecule has 24 heavy (non-hydrogen) atoms. The number of ether oxygens (including phenoxy) is 2. The van der Waals surface area contributed by atoms with Crippen molar-refractivity contribution in [1.29, 1.82) is 5.26 Å². The van der Waals surface area contributed by atoms with E-state index >= 15 is 0 Å². The molecule has 0 N–H and O–H groups in total. The summed E-state index contributed by atoms with van der Waals surface area (Å²) < 4.78 is 10.6. The third-order valence-corrected chi connectivity index (χ3v) is 3.34. The number of carbonyl (C=O) groups is 1. The zero-order valence-corrected chi connectivity index (χ0v) is 13.4. The van der Waals surface area contributed by atoms with Crippen LogP contribution >= 0.6 is 0 Å². The molecule has 0 bridgehead atoms. The Balaban J connectivity index is 1.75. The van der Waals surface area contributed by atoms with E-state index in [2.05, 4.69) is 6.07 Å². The van der Waals surface area contributed by atoms with Gasteiger partial charge in [0.2, 0.25) is 0 Å². The monoisotopic (exact) mass is 324 g/mol. The highest BCUT2D eigenvalue weighted by Crippen LogP contribution is 2.13. The van der Waals surface area contributed by atoms with Gasteiger partial charge in [-0.3, -0.25) is 0 Å². The molecule has 0 atom stereocenters. The molecule has 0 heterocycles. The summed E-state index contributed by atoms with van der Waals surface area (Å²) in [5.74, 6) is 0.224. The second-order valence-corrected chi connectivity index (χ2v) is 5.05. The molecule has 5 nitrogen and oxygen atoms in total. The number of benzene rings is 2. The number of anilines is 1. The van der Waals surface area contributed by atoms with Crippen LogP contribution in [0.4, 0.5) is 5.69 Å². The Kier molecular flexibility index (Phi) is 7.16. The largest absolute Gasteiger partial charge is 0.482 e. The van der Waals surface area contributed by atoms with Crippen molar-refractivity contribution in [3.8, 4) is 11.8 Å². The molecule has 0 unspecified atom stereocenters. The van der Waals surface area contributed by atoms with Gasteiger partial charge in [0.25, 0.3) is 0 Å². The molecular weight excluding hydrogens is 304 g/mol. The van der Waals surface area contributed by atoms with Gasteiger partial charge in [0, 0.05) is 12.2 Å². The molecule has 0 amide bonds. The molecule has 0 aromatic heterocycles. The van der Waals surface area contributed by atoms with Gasteiger partial charge in [0.15, 0.2) is 6.61 Å². The molecule has 5 heteroatoms. The summed E-state index contributed by atoms with van der Waals surface area (Å²) in [4.78, 5) is 13.8. The molecule has 2 aromatic carbocycles. The Morgan fingerprint density at radius 2 is 1.67 bits per heavy atom. The van der Waals surface area contributed by atoms with Gasteiger partial charge in [-0.25, -0.2) is 4.79 Å². The molecule has 0 spiro atoms. The summed E-state index contributed by atoms with van der Waals surface area (Å²) in [5, 5.41) is 8.78. The Labute approximate surface area is 142 Å². The molecule has 124 valence electrons. The second-order valence-electron chi connectivity index (χ2n) is 5.05. The number of carbonyl (C=O) groups excluding carboxylic acids is 1. The lowest BCUT2D eigenvalue weighted by molar-refractivity contribution is -0.145. The van der Waals surface area contributed by atoms with Crippen molar-refractivity contribution in [2.75, 3.05) is 31.2 Å². The van der Waals surface area contributed by atoms with Gasteiger partial charge in [0.1, 0.15) is 12.4 Å². The minimum absolute atomic E-state index is 0.118. The van der Waals surface area contributed by atoms with Crippen molar-refractivity contribution in [2.24, 2.45) is 0 Å². The molecule has 0 saturated heterocycles. The normalized spacial score (nSPS) is 9.79. The third-order valence-electron chi connectivity index (χ3n) is 3.34. The van der Waals surface area contributed by atoms with Crippen LogP contribution in [0.25, 0.3) is 0 Å². The van der Waals surface area contributed by atoms with E-state index in [9.17, 15) is 4.79 Å². The highest BCUT2D eigenvalue weighted by Gasteiger charge is 2.08. The lowest BCUT2D eigenvalue weighted by atomic mass is 10.2. The first kappa shape index (κ1) is 17.4. The van der Waals surface area contributed by atoms with Crippen LogP contribution in [0.2, 0.25) is 0 Å². The molecule has 0 saturated carbocycles. The van der Waals surface area contributed by atoms with Crippen LogP contribution in [0, 0.1) is 11.3 Å². The fourth-order valence-corrected chi connectivity index (χ4v) is 2.16. The van der Waals surface area contributed by atoms with Crippen LogP contribution < -0.4 is 9.64 Å². The summed E-state index contributed by atoms with van der Waals surface area (Å²) in [6.07, 6.45) is 0.417. The van der Waals surface area contributed by atoms with E-state index < -0.39 is 5.97 Å². The van der Waals surface area contributed by atoms with Crippen LogP contribution in [0.1, 0.15) is 6.42 Å². The van der Waals surface area contributed by atoms with Crippen molar-refractivity contribution in [2.45, 2.75) is 6.42 Å². The molecule has 0 aliphatic rings. The van der Waals surface area contributed by atoms with Gasteiger partial charge >= 0.3 is 5.97 Å². The van der Waals surface area contributed by atoms with Crippen molar-refractivity contribution in [1.82, 2.24) is 0 Å². The van der Waals surface area contributed by atoms with Crippen molar-refractivity contribution < 1.29 is 14.3 Å². The lowest BCUT2D eigenvalue weighted by Crippen LogP contribution is -2.30. The summed E-state index contributed by atoms with van der Waals surface area (Å²) in [6.45, 7) is 1.26. The number of para-hydroxylation sites is 2. The number of hydrogen-bond donors (Lipinski definition) is 0. The number of nitriles is 1. The Morgan fingerprint density at radius 3 is 2.33 bits per heavy atom. The van der Waals surface area contributed by atoms with Crippen molar-refractivity contribution in [3.05, 3.63) is 60.7 Å². The Morgan fingerprint density at radius 1 is 1.00 bits per heavy atom. The summed E-state index contributed by atoms with van der Waals surface area (Å²) in [5.41, 5.74) is 1.00. The highest BCUT2D eigenvalue weighted by molar-refractivity contribution is 5.71. The maximum absolute atomic E-state index is 11.7. The predicted molar refractivity (Wildman–Crippen MR) is 91.8 cm³/mol. The van der Waals surface area contributed by atoms with Crippen LogP contribution in [0.3, 0.4) is 0 Å². The molecule has 0 fully saturated rings. The van der Waals surface area contributed by atoms with Crippen LogP contribution in [-0.4, -0.2) is 32.3 Å². The van der Waals surface area contributed by atoms with E-state index in [1.807, 2.05) is 53.4 Å². The molecule has 2 aromatic rings. The van der Waals surface area contributed by atoms with Gasteiger partial charge in [-0.2, -0.15) is 5.26 Å². The fourth-order valence-electron chi connectivity index (χ4n) is 2.16. The van der Waals surface area contributed by atoms with E-state index in [0.29, 0.717) is 25.3 Å². The first-order valence-electron chi connectivity index (χ1n) is 7.80. The smallest absolute Gasteiger partial charge is 0.344 e. The zero-order chi connectivity index (χ0) is 17.0. The van der Waals surface area contributed by atoms with Crippen LogP contribution in [-0.2, 0) is 9.53 Å². The quantitative estimate of drug-likeness (QED) is 0.664. The number of rotatable bonds is 9. The van der Waals surface area contributed by atoms with E-state index in [-0.39, 0.29) is 13.2 Å². The maximum atomic E-state index is 11.7. The van der Waals surface area contributed by atoms with Crippen LogP contribution in [0.15, 0.2) is 60.7 Å². The standard InChI is InChI=1S/C19H20N2O3/c20-12-7-13-21(17-8-3-1-4-9-17)14-15-23-19(22)16-24-18-10-5-2-6-11-18/h1-6,8-11H,7,13-16H2. The highest BCUT2D eigenvalue weighted by atomic mass is 16.6. The minimum Gasteiger partial charge on any atom is -0.482 e. The molecule has 0 aliphatic carbocycles. The minimum atomic E-state index is -0.410. The SMILES string of the molecule is N#CCCN(CCOC(=O)COc1ccccc1)c1ccccc1. The molecule has 0 aliphatic heterocycles. The first-order chi connectivity index (χ1) is 11.8. The van der Waals surface area contributed by atoms with Gasteiger partial charge in [-0.15, -0.1) is 0 Å². The van der Waals surface area contributed by atoms with E-state index in [1.165, 1.54) is 0 Å². The third kappa shape index (κ3) is 6.01. The lowest BCUT2D eigenvalue weighted by Gasteiger charge is -2.23. The Bertz CT molecular complexity index is 653. The average Bonchev–Trinajstić information content (AvgIpc) is 2.64. The fraction of sp³-hybridized carbons (Fsp3) is 0.263. The van der Waals surface area contributed by atoms with Crippen molar-refractivity contribution >= 4 is 11.7 Å². The van der Waals surface area contributed by atoms with Crippen molar-refractivity contribution in [3.63, 3.8) is 0 Å². The van der Waals surface area contributed by atoms with E-state index in [1.54, 1.807) is 12.1 Å². The molecule has 0 radical (unpaired) electrons. The van der Waals surface area contributed by atoms with E-state index in [4.69, 9.17) is 14.7 Å². The molecule has 2 rings (SSSR count). The van der Waals surface area contributed by atoms with Crippen LogP contribution in [0.5, 0.6) is 5.75 Å². The zero-order valence-electron chi connectivity index (χ0n) is 13.4. The first-order valence-corrected chi connectivity index (χ1v) is 7.80. The molecular formula is C19H20N2O3. The average molecular weight is 324 g/mol. The predicted octanol–water partition coefficient (Wildman–Crippen LogP) is 3.03. The summed E-state index contributed by atoms with van der Waals surface area (Å²) in [6, 6.07) is 21.0. The van der Waals surface area contributed by atoms with Gasteiger partial charge < -0.3 is 14.4 Å². The number of hydrogen-bond acceptors (Lipinski definition) is 5. The number of nitrogens with zero attached hydrogens (tertiary/aromatic N) is 2. The van der Waals surface area contributed by atoms with E-state index in [0.717, 1.165) is 5.69 Å². The number of esters is 1. The summed E-state index contributed by atoms with van der Waals surface area (Å²) >= 11 is 0. The maximum Gasteiger partial charge on any atom is 0.344 e. The van der Waals surface area contributed by atoms with Gasteiger partial charge in [0.05, 0.1) is 19.0 Å². The topological polar surface area (TPSA) is 62.6 Å². The van der Waals surface area contributed by atoms with Gasteiger partial charge in [-0.1, -0.05) is 36.4 Å². The van der Waals surface area contributed by atoms with Gasteiger partial charge in [-0.05, 0) is 24.3 Å². The second kappa shape index (κ2) is 9.90.